The molecule has 3 N–H and O–H groups in total. The first kappa shape index (κ1) is 10.9. The Labute approximate surface area is 68.4 Å². The quantitative estimate of drug-likeness (QED) is 0.513. The first-order valence-corrected chi connectivity index (χ1v) is 4.20. The third kappa shape index (κ3) is 6.28. The molecule has 2 unspecified atom stereocenters. The lowest BCUT2D eigenvalue weighted by atomic mass is 10.2. The van der Waals surface area contributed by atoms with Crippen LogP contribution in [0.15, 0.2) is 0 Å². The Balaban J connectivity index is 3.13. The second-order valence-corrected chi connectivity index (χ2v) is 3.01. The van der Waals surface area contributed by atoms with Gasteiger partial charge >= 0.3 is 0 Å². The Hall–Kier alpha value is -0.120. The van der Waals surface area contributed by atoms with E-state index in [0.29, 0.717) is 6.54 Å². The maximum Gasteiger partial charge on any atom is 0.0662 e. The van der Waals surface area contributed by atoms with E-state index >= 15 is 0 Å². The van der Waals surface area contributed by atoms with E-state index in [4.69, 9.17) is 10.2 Å². The molecule has 0 saturated carbocycles. The molecule has 3 heteroatoms. The van der Waals surface area contributed by atoms with Gasteiger partial charge in [0.1, 0.15) is 0 Å². The van der Waals surface area contributed by atoms with Crippen LogP contribution in [0.2, 0.25) is 0 Å². The Kier molecular flexibility index (Phi) is 6.51. The van der Waals surface area contributed by atoms with Crippen LogP contribution in [0.4, 0.5) is 0 Å². The molecule has 0 aromatic rings. The van der Waals surface area contributed by atoms with Crippen LogP contribution in [-0.2, 0) is 0 Å². The van der Waals surface area contributed by atoms with Crippen molar-refractivity contribution in [2.45, 2.75) is 26.4 Å². The molecule has 11 heavy (non-hydrogen) atoms. The second-order valence-electron chi connectivity index (χ2n) is 3.01. The minimum atomic E-state index is -0.249. The van der Waals surface area contributed by atoms with Crippen molar-refractivity contribution < 1.29 is 10.2 Å². The maximum absolute atomic E-state index is 9.12. The molecule has 0 rings (SSSR count). The minimum Gasteiger partial charge on any atom is -0.396 e. The van der Waals surface area contributed by atoms with Gasteiger partial charge < -0.3 is 15.5 Å². The fraction of sp³-hybridized carbons (Fsp3) is 1.00. The van der Waals surface area contributed by atoms with Crippen molar-refractivity contribution in [3.63, 3.8) is 0 Å². The number of rotatable bonds is 6. The predicted molar refractivity (Wildman–Crippen MR) is 45.4 cm³/mol. The van der Waals surface area contributed by atoms with Crippen LogP contribution >= 0.6 is 0 Å². The van der Waals surface area contributed by atoms with Crippen molar-refractivity contribution in [2.75, 3.05) is 19.7 Å². The van der Waals surface area contributed by atoms with Crippen LogP contribution in [0.1, 0.15) is 20.3 Å². The fourth-order valence-electron chi connectivity index (χ4n) is 0.705. The molecular weight excluding hydrogens is 142 g/mol. The summed E-state index contributed by atoms with van der Waals surface area (Å²) in [7, 11) is 0. The number of aliphatic hydroxyl groups excluding tert-OH is 2. The topological polar surface area (TPSA) is 52.5 Å². The highest BCUT2D eigenvalue weighted by Gasteiger charge is 2.01. The number of hydrogen-bond acceptors (Lipinski definition) is 3. The van der Waals surface area contributed by atoms with E-state index in [0.717, 1.165) is 13.0 Å². The molecule has 3 nitrogen and oxygen atoms in total. The van der Waals surface area contributed by atoms with E-state index in [1.807, 2.05) is 13.8 Å². The van der Waals surface area contributed by atoms with Crippen molar-refractivity contribution in [1.82, 2.24) is 5.32 Å². The van der Waals surface area contributed by atoms with Crippen LogP contribution in [0, 0.1) is 5.92 Å². The highest BCUT2D eigenvalue weighted by molar-refractivity contribution is 4.59. The van der Waals surface area contributed by atoms with Gasteiger partial charge in [-0.2, -0.15) is 0 Å². The average molecular weight is 161 g/mol. The van der Waals surface area contributed by atoms with Gasteiger partial charge in [-0.15, -0.1) is 0 Å². The van der Waals surface area contributed by atoms with Gasteiger partial charge in [0, 0.05) is 13.2 Å². The van der Waals surface area contributed by atoms with Crippen molar-refractivity contribution in [3.05, 3.63) is 0 Å². The van der Waals surface area contributed by atoms with Crippen LogP contribution in [0.3, 0.4) is 0 Å². The third-order valence-corrected chi connectivity index (χ3v) is 1.66. The molecule has 0 fully saturated rings. The average Bonchev–Trinajstić information content (AvgIpc) is 2.04. The zero-order chi connectivity index (χ0) is 8.69. The van der Waals surface area contributed by atoms with Gasteiger partial charge in [0.2, 0.25) is 0 Å². The van der Waals surface area contributed by atoms with Gasteiger partial charge in [-0.05, 0) is 18.9 Å². The lowest BCUT2D eigenvalue weighted by Gasteiger charge is -2.12. The molecule has 0 saturated heterocycles. The molecule has 0 aromatic carbocycles. The Morgan fingerprint density at radius 3 is 2.45 bits per heavy atom. The minimum absolute atomic E-state index is 0.204. The largest absolute Gasteiger partial charge is 0.396 e. The molecule has 68 valence electrons. The molecular formula is C8H19NO2. The van der Waals surface area contributed by atoms with E-state index in [9.17, 15) is 0 Å². The van der Waals surface area contributed by atoms with Gasteiger partial charge in [-0.3, -0.25) is 0 Å². The molecule has 0 heterocycles. The number of hydrogen-bond donors (Lipinski definition) is 3. The van der Waals surface area contributed by atoms with E-state index in [1.165, 1.54) is 0 Å². The van der Waals surface area contributed by atoms with Gasteiger partial charge in [0.25, 0.3) is 0 Å². The normalized spacial score (nSPS) is 16.4. The van der Waals surface area contributed by atoms with Crippen molar-refractivity contribution in [3.8, 4) is 0 Å². The zero-order valence-corrected chi connectivity index (χ0v) is 7.38. The molecule has 0 spiro atoms. The number of aliphatic hydroxyl groups is 2. The monoisotopic (exact) mass is 161 g/mol. The molecule has 0 aliphatic rings. The van der Waals surface area contributed by atoms with Gasteiger partial charge in [-0.1, -0.05) is 13.8 Å². The summed E-state index contributed by atoms with van der Waals surface area (Å²) in [5, 5.41) is 20.8. The lowest BCUT2D eigenvalue weighted by molar-refractivity contribution is 0.161. The number of nitrogens with one attached hydrogen (secondary N) is 1. The standard InChI is InChI=1S/C8H19NO2/c1-3-8(11)5-9-4-7(2)6-10/h7-11H,3-6H2,1-2H3. The van der Waals surface area contributed by atoms with Crippen LogP contribution < -0.4 is 5.32 Å². The van der Waals surface area contributed by atoms with Crippen molar-refractivity contribution in [2.24, 2.45) is 5.92 Å². The molecule has 0 bridgehead atoms. The van der Waals surface area contributed by atoms with Crippen molar-refractivity contribution >= 4 is 0 Å². The summed E-state index contributed by atoms with van der Waals surface area (Å²) >= 11 is 0. The molecule has 0 aliphatic heterocycles. The summed E-state index contributed by atoms with van der Waals surface area (Å²) in [6.45, 7) is 5.51. The third-order valence-electron chi connectivity index (χ3n) is 1.66. The van der Waals surface area contributed by atoms with Crippen molar-refractivity contribution in [1.29, 1.82) is 0 Å². The Morgan fingerprint density at radius 1 is 1.36 bits per heavy atom. The van der Waals surface area contributed by atoms with Crippen LogP contribution in [0.5, 0.6) is 0 Å². The first-order valence-electron chi connectivity index (χ1n) is 4.20. The van der Waals surface area contributed by atoms with Gasteiger partial charge in [0.15, 0.2) is 0 Å². The van der Waals surface area contributed by atoms with Crippen LogP contribution in [-0.4, -0.2) is 36.0 Å². The van der Waals surface area contributed by atoms with E-state index in [2.05, 4.69) is 5.32 Å². The van der Waals surface area contributed by atoms with Gasteiger partial charge in [-0.25, -0.2) is 0 Å². The summed E-state index contributed by atoms with van der Waals surface area (Å²) in [5.74, 6) is 0.277. The molecule has 0 radical (unpaired) electrons. The highest BCUT2D eigenvalue weighted by atomic mass is 16.3. The maximum atomic E-state index is 9.12. The van der Waals surface area contributed by atoms with Crippen LogP contribution in [0.25, 0.3) is 0 Å². The van der Waals surface area contributed by atoms with E-state index < -0.39 is 0 Å². The zero-order valence-electron chi connectivity index (χ0n) is 7.38. The Bertz CT molecular complexity index is 78.2. The second kappa shape index (κ2) is 6.58. The molecule has 2 atom stereocenters. The van der Waals surface area contributed by atoms with E-state index in [-0.39, 0.29) is 18.6 Å². The summed E-state index contributed by atoms with van der Waals surface area (Å²) in [5.41, 5.74) is 0. The molecule has 0 aliphatic carbocycles. The van der Waals surface area contributed by atoms with E-state index in [1.54, 1.807) is 0 Å². The summed E-state index contributed by atoms with van der Waals surface area (Å²) in [6, 6.07) is 0. The summed E-state index contributed by atoms with van der Waals surface area (Å²) < 4.78 is 0. The van der Waals surface area contributed by atoms with Gasteiger partial charge in [0.05, 0.1) is 6.10 Å². The lowest BCUT2D eigenvalue weighted by Crippen LogP contribution is -2.30. The highest BCUT2D eigenvalue weighted by Crippen LogP contribution is 1.90. The summed E-state index contributed by atoms with van der Waals surface area (Å²) in [6.07, 6.45) is 0.529. The molecule has 0 aromatic heterocycles. The molecule has 0 amide bonds. The first-order chi connectivity index (χ1) is 5.20. The smallest absolute Gasteiger partial charge is 0.0662 e. The Morgan fingerprint density at radius 2 is 2.00 bits per heavy atom. The predicted octanol–water partition coefficient (Wildman–Crippen LogP) is -0.0247. The SMILES string of the molecule is CCC(O)CNCC(C)CO. The fourth-order valence-corrected chi connectivity index (χ4v) is 0.705. The summed E-state index contributed by atoms with van der Waals surface area (Å²) in [4.78, 5) is 0.